The maximum absolute atomic E-state index is 11.2. The summed E-state index contributed by atoms with van der Waals surface area (Å²) in [4.78, 5) is 15.0. The van der Waals surface area contributed by atoms with Gasteiger partial charge in [0.2, 0.25) is 0 Å². The minimum absolute atomic E-state index is 0.566. The van der Waals surface area contributed by atoms with Crippen molar-refractivity contribution in [3.8, 4) is 11.5 Å². The Morgan fingerprint density at radius 1 is 1.16 bits per heavy atom. The Balaban J connectivity index is 1.54. The molecule has 0 aliphatic carbocycles. The van der Waals surface area contributed by atoms with E-state index in [0.717, 1.165) is 48.1 Å². The van der Waals surface area contributed by atoms with Crippen molar-refractivity contribution >= 4 is 5.82 Å². The molecule has 0 saturated carbocycles. The molecule has 2 heterocycles. The van der Waals surface area contributed by atoms with Crippen molar-refractivity contribution in [3.05, 3.63) is 41.9 Å². The van der Waals surface area contributed by atoms with Crippen LogP contribution in [0.5, 0.6) is 11.5 Å². The zero-order valence-electron chi connectivity index (χ0n) is 20.0. The first-order chi connectivity index (χ1) is 15.3. The van der Waals surface area contributed by atoms with E-state index in [9.17, 15) is 5.11 Å². The van der Waals surface area contributed by atoms with E-state index in [4.69, 9.17) is 9.47 Å². The molecule has 0 amide bonds. The van der Waals surface area contributed by atoms with Gasteiger partial charge in [-0.3, -0.25) is 4.90 Å². The average molecular weight is 444 g/mol. The summed E-state index contributed by atoms with van der Waals surface area (Å²) in [5, 5.41) is 11.2. The molecule has 0 bridgehead atoms. The second-order valence-corrected chi connectivity index (χ2v) is 9.08. The first-order valence-corrected chi connectivity index (χ1v) is 11.2. The van der Waals surface area contributed by atoms with Crippen molar-refractivity contribution in [3.63, 3.8) is 0 Å². The Labute approximate surface area is 191 Å². The molecular weight excluding hydrogens is 406 g/mol. The normalized spacial score (nSPS) is 18.6. The van der Waals surface area contributed by atoms with E-state index >= 15 is 0 Å². The number of rotatable bonds is 11. The summed E-state index contributed by atoms with van der Waals surface area (Å²) >= 11 is 0. The number of likely N-dealkylation sites (N-methyl/N-ethyl adjacent to an activating group) is 1. The topological polar surface area (TPSA) is 74.2 Å². The van der Waals surface area contributed by atoms with Gasteiger partial charge in [0.15, 0.2) is 11.5 Å². The van der Waals surface area contributed by atoms with Crippen LogP contribution in [0.15, 0.2) is 30.6 Å². The van der Waals surface area contributed by atoms with Crippen LogP contribution in [0.25, 0.3) is 0 Å². The maximum Gasteiger partial charge on any atom is 0.161 e. The average Bonchev–Trinajstić information content (AvgIpc) is 3.13. The number of aromatic nitrogens is 2. The largest absolute Gasteiger partial charge is 0.493 e. The van der Waals surface area contributed by atoms with Crippen LogP contribution in [0, 0.1) is 6.92 Å². The minimum Gasteiger partial charge on any atom is -0.493 e. The third-order valence-electron chi connectivity index (χ3n) is 5.70. The van der Waals surface area contributed by atoms with Crippen LogP contribution >= 0.6 is 0 Å². The van der Waals surface area contributed by atoms with Crippen LogP contribution in [0.1, 0.15) is 24.1 Å². The smallest absolute Gasteiger partial charge is 0.161 e. The van der Waals surface area contributed by atoms with E-state index in [1.54, 1.807) is 13.4 Å². The monoisotopic (exact) mass is 443 g/mol. The van der Waals surface area contributed by atoms with Gasteiger partial charge in [-0.05, 0) is 58.6 Å². The van der Waals surface area contributed by atoms with Gasteiger partial charge in [0.05, 0.1) is 19.3 Å². The lowest BCUT2D eigenvalue weighted by molar-refractivity contribution is 0.0279. The Morgan fingerprint density at radius 2 is 1.97 bits per heavy atom. The first-order valence-electron chi connectivity index (χ1n) is 11.2. The van der Waals surface area contributed by atoms with Gasteiger partial charge < -0.3 is 24.4 Å². The molecule has 1 N–H and O–H groups in total. The highest BCUT2D eigenvalue weighted by Gasteiger charge is 2.37. The van der Waals surface area contributed by atoms with Crippen LogP contribution in [0.2, 0.25) is 0 Å². The minimum atomic E-state index is -0.771. The van der Waals surface area contributed by atoms with Crippen LogP contribution in [0.4, 0.5) is 5.82 Å². The molecule has 176 valence electrons. The summed E-state index contributed by atoms with van der Waals surface area (Å²) < 4.78 is 11.5. The summed E-state index contributed by atoms with van der Waals surface area (Å²) in [6, 6.07) is 8.02. The predicted octanol–water partition coefficient (Wildman–Crippen LogP) is 2.20. The SMILES string of the molecule is COc1cc(CN(C)C[C@]2(O)CCN(c3cc(C)ncn3)C2)ccc1OCCCN(C)C. The quantitative estimate of drug-likeness (QED) is 0.530. The second-order valence-electron chi connectivity index (χ2n) is 9.08. The lowest BCUT2D eigenvalue weighted by Crippen LogP contribution is -2.43. The lowest BCUT2D eigenvalue weighted by Gasteiger charge is -2.29. The van der Waals surface area contributed by atoms with E-state index < -0.39 is 5.60 Å². The molecule has 3 rings (SSSR count). The molecule has 0 unspecified atom stereocenters. The molecule has 8 nitrogen and oxygen atoms in total. The van der Waals surface area contributed by atoms with E-state index in [-0.39, 0.29) is 0 Å². The molecular formula is C24H37N5O3. The van der Waals surface area contributed by atoms with E-state index in [1.807, 2.05) is 32.2 Å². The van der Waals surface area contributed by atoms with Gasteiger partial charge in [0, 0.05) is 44.5 Å². The number of anilines is 1. The zero-order chi connectivity index (χ0) is 23.1. The van der Waals surface area contributed by atoms with Gasteiger partial charge in [-0.2, -0.15) is 0 Å². The first kappa shape index (κ1) is 24.2. The van der Waals surface area contributed by atoms with E-state index in [2.05, 4.69) is 44.8 Å². The summed E-state index contributed by atoms with van der Waals surface area (Å²) in [7, 11) is 7.82. The van der Waals surface area contributed by atoms with E-state index in [0.29, 0.717) is 32.7 Å². The summed E-state index contributed by atoms with van der Waals surface area (Å²) in [5.74, 6) is 2.38. The van der Waals surface area contributed by atoms with E-state index in [1.165, 1.54) is 0 Å². The van der Waals surface area contributed by atoms with Crippen molar-refractivity contribution in [2.24, 2.45) is 0 Å². The summed E-state index contributed by atoms with van der Waals surface area (Å²) in [5.41, 5.74) is 1.28. The lowest BCUT2D eigenvalue weighted by atomic mass is 10.0. The Hall–Kier alpha value is -2.42. The number of aliphatic hydroxyl groups is 1. The molecule has 8 heteroatoms. The molecule has 1 aliphatic heterocycles. The number of benzene rings is 1. The van der Waals surface area contributed by atoms with Crippen molar-refractivity contribution in [2.45, 2.75) is 31.9 Å². The van der Waals surface area contributed by atoms with Gasteiger partial charge in [-0.1, -0.05) is 6.07 Å². The molecule has 1 fully saturated rings. The maximum atomic E-state index is 11.2. The summed E-state index contributed by atoms with van der Waals surface area (Å²) in [6.07, 6.45) is 3.26. The summed E-state index contributed by atoms with van der Waals surface area (Å²) in [6.45, 7) is 6.25. The van der Waals surface area contributed by atoms with Gasteiger partial charge >= 0.3 is 0 Å². The van der Waals surface area contributed by atoms with Crippen molar-refractivity contribution in [1.29, 1.82) is 0 Å². The van der Waals surface area contributed by atoms with Gasteiger partial charge in [-0.25, -0.2) is 9.97 Å². The fraction of sp³-hybridized carbons (Fsp3) is 0.583. The van der Waals surface area contributed by atoms with Gasteiger partial charge in [0.1, 0.15) is 12.1 Å². The molecule has 2 aromatic rings. The Bertz CT molecular complexity index is 878. The van der Waals surface area contributed by atoms with Crippen LogP contribution in [-0.2, 0) is 6.54 Å². The third-order valence-corrected chi connectivity index (χ3v) is 5.70. The fourth-order valence-corrected chi connectivity index (χ4v) is 4.16. The number of nitrogens with zero attached hydrogens (tertiary/aromatic N) is 5. The highest BCUT2D eigenvalue weighted by molar-refractivity contribution is 5.43. The fourth-order valence-electron chi connectivity index (χ4n) is 4.16. The van der Waals surface area contributed by atoms with Crippen LogP contribution in [-0.4, -0.2) is 91.5 Å². The molecule has 0 radical (unpaired) electrons. The predicted molar refractivity (Wildman–Crippen MR) is 127 cm³/mol. The second kappa shape index (κ2) is 10.9. The van der Waals surface area contributed by atoms with Crippen molar-refractivity contribution in [2.75, 3.05) is 65.9 Å². The van der Waals surface area contributed by atoms with Gasteiger partial charge in [0.25, 0.3) is 0 Å². The molecule has 32 heavy (non-hydrogen) atoms. The Kier molecular flexibility index (Phi) is 8.28. The number of methoxy groups -OCH3 is 1. The number of hydrogen-bond acceptors (Lipinski definition) is 8. The molecule has 0 spiro atoms. The molecule has 1 saturated heterocycles. The van der Waals surface area contributed by atoms with Crippen LogP contribution in [0.3, 0.4) is 0 Å². The van der Waals surface area contributed by atoms with Crippen LogP contribution < -0.4 is 14.4 Å². The Morgan fingerprint density at radius 3 is 2.69 bits per heavy atom. The van der Waals surface area contributed by atoms with Gasteiger partial charge in [-0.15, -0.1) is 0 Å². The molecule has 1 aliphatic rings. The highest BCUT2D eigenvalue weighted by atomic mass is 16.5. The highest BCUT2D eigenvalue weighted by Crippen LogP contribution is 2.30. The molecule has 1 aromatic heterocycles. The number of ether oxygens (including phenoxy) is 2. The number of β-amino-alcohol motifs (C(OH)–C–C–N with tert-alkyl or cyclic N) is 1. The molecule has 1 aromatic carbocycles. The number of aryl methyl sites for hydroxylation is 1. The number of hydrogen-bond donors (Lipinski definition) is 1. The zero-order valence-corrected chi connectivity index (χ0v) is 20.0. The van der Waals surface area contributed by atoms with Crippen molar-refractivity contribution < 1.29 is 14.6 Å². The molecule has 1 atom stereocenters. The third kappa shape index (κ3) is 6.79. The standard InChI is InChI=1S/C24H37N5O3/c1-19-13-23(26-18-25-19)29-11-9-24(30,17-29)16-28(4)15-20-7-8-21(22(14-20)31-5)32-12-6-10-27(2)3/h7-8,13-14,18,30H,6,9-12,15-17H2,1-5H3/t24-/m1/s1. The van der Waals surface area contributed by atoms with Crippen molar-refractivity contribution in [1.82, 2.24) is 19.8 Å².